The van der Waals surface area contributed by atoms with Gasteiger partial charge in [-0.1, -0.05) is 24.6 Å². The Balaban J connectivity index is 2.85. The molecule has 1 atom stereocenters. The van der Waals surface area contributed by atoms with Gasteiger partial charge in [-0.25, -0.2) is 0 Å². The van der Waals surface area contributed by atoms with Gasteiger partial charge in [-0.2, -0.15) is 0 Å². The first-order valence-corrected chi connectivity index (χ1v) is 7.10. The van der Waals surface area contributed by atoms with Gasteiger partial charge in [0.2, 0.25) is 0 Å². The van der Waals surface area contributed by atoms with E-state index in [1.165, 1.54) is 5.56 Å². The first kappa shape index (κ1) is 15.3. The molecule has 1 N–H and O–H groups in total. The molecule has 1 rings (SSSR count). The van der Waals surface area contributed by atoms with Crippen molar-refractivity contribution < 1.29 is 0 Å². The molecule has 0 amide bonds. The van der Waals surface area contributed by atoms with Crippen LogP contribution in [0.15, 0.2) is 18.2 Å². The number of rotatable bonds is 6. The van der Waals surface area contributed by atoms with Gasteiger partial charge in [0.15, 0.2) is 0 Å². The zero-order valence-corrected chi connectivity index (χ0v) is 12.9. The summed E-state index contributed by atoms with van der Waals surface area (Å²) in [5, 5.41) is 4.30. The van der Waals surface area contributed by atoms with E-state index in [9.17, 15) is 0 Å². The highest BCUT2D eigenvalue weighted by Gasteiger charge is 2.11. The standard InChI is InChI=1S/C15H25ClN2/c1-6-9-17-12(4)13-7-8-15(14(16)10-13)18(5)11(2)3/h7-8,10-12,17H,6,9H2,1-5H3. The first-order valence-electron chi connectivity index (χ1n) is 6.73. The minimum absolute atomic E-state index is 0.348. The lowest BCUT2D eigenvalue weighted by Crippen LogP contribution is -2.26. The Labute approximate surface area is 116 Å². The van der Waals surface area contributed by atoms with Crippen LogP contribution in [0.25, 0.3) is 0 Å². The lowest BCUT2D eigenvalue weighted by atomic mass is 10.1. The smallest absolute Gasteiger partial charge is 0.0642 e. The van der Waals surface area contributed by atoms with Crippen molar-refractivity contribution in [3.63, 3.8) is 0 Å². The average Bonchev–Trinajstić information content (AvgIpc) is 2.34. The molecule has 102 valence electrons. The van der Waals surface area contributed by atoms with E-state index >= 15 is 0 Å². The minimum Gasteiger partial charge on any atom is -0.371 e. The van der Waals surface area contributed by atoms with Crippen LogP contribution < -0.4 is 10.2 Å². The Hall–Kier alpha value is -0.730. The molecule has 0 aliphatic rings. The Kier molecular flexibility index (Phi) is 5.97. The van der Waals surface area contributed by atoms with Crippen LogP contribution >= 0.6 is 11.6 Å². The summed E-state index contributed by atoms with van der Waals surface area (Å²) < 4.78 is 0. The quantitative estimate of drug-likeness (QED) is 0.830. The molecule has 18 heavy (non-hydrogen) atoms. The minimum atomic E-state index is 0.348. The van der Waals surface area contributed by atoms with Gasteiger partial charge in [0.25, 0.3) is 0 Å². The molecule has 0 bridgehead atoms. The summed E-state index contributed by atoms with van der Waals surface area (Å²) in [6.07, 6.45) is 1.15. The number of hydrogen-bond donors (Lipinski definition) is 1. The van der Waals surface area contributed by atoms with Crippen molar-refractivity contribution in [2.24, 2.45) is 0 Å². The molecule has 3 heteroatoms. The molecular weight excluding hydrogens is 244 g/mol. The van der Waals surface area contributed by atoms with Gasteiger partial charge in [-0.15, -0.1) is 0 Å². The van der Waals surface area contributed by atoms with Gasteiger partial charge < -0.3 is 10.2 Å². The monoisotopic (exact) mass is 268 g/mol. The Morgan fingerprint density at radius 1 is 1.28 bits per heavy atom. The van der Waals surface area contributed by atoms with Gasteiger partial charge >= 0.3 is 0 Å². The molecule has 0 aromatic heterocycles. The molecule has 0 heterocycles. The molecule has 0 saturated carbocycles. The largest absolute Gasteiger partial charge is 0.371 e. The highest BCUT2D eigenvalue weighted by atomic mass is 35.5. The number of benzene rings is 1. The zero-order chi connectivity index (χ0) is 13.7. The lowest BCUT2D eigenvalue weighted by Gasteiger charge is -2.25. The lowest BCUT2D eigenvalue weighted by molar-refractivity contribution is 0.570. The van der Waals surface area contributed by atoms with Crippen molar-refractivity contribution in [2.75, 3.05) is 18.5 Å². The van der Waals surface area contributed by atoms with Crippen LogP contribution in [0.3, 0.4) is 0 Å². The third-order valence-electron chi connectivity index (χ3n) is 3.33. The van der Waals surface area contributed by atoms with Gasteiger partial charge in [-0.3, -0.25) is 0 Å². The number of nitrogens with one attached hydrogen (secondary N) is 1. The second kappa shape index (κ2) is 7.01. The van der Waals surface area contributed by atoms with E-state index in [4.69, 9.17) is 11.6 Å². The molecule has 1 aromatic rings. The topological polar surface area (TPSA) is 15.3 Å². The van der Waals surface area contributed by atoms with E-state index in [1.807, 2.05) is 0 Å². The Bertz CT molecular complexity index is 377. The summed E-state index contributed by atoms with van der Waals surface area (Å²) in [4.78, 5) is 2.19. The van der Waals surface area contributed by atoms with Crippen molar-refractivity contribution in [1.29, 1.82) is 0 Å². The van der Waals surface area contributed by atoms with Crippen molar-refractivity contribution >= 4 is 17.3 Å². The second-order valence-electron chi connectivity index (χ2n) is 5.09. The second-order valence-corrected chi connectivity index (χ2v) is 5.50. The molecule has 1 aromatic carbocycles. The highest BCUT2D eigenvalue weighted by Crippen LogP contribution is 2.29. The van der Waals surface area contributed by atoms with Crippen molar-refractivity contribution in [1.82, 2.24) is 5.32 Å². The fourth-order valence-corrected chi connectivity index (χ4v) is 2.16. The summed E-state index contributed by atoms with van der Waals surface area (Å²) in [7, 11) is 2.07. The molecule has 0 fully saturated rings. The van der Waals surface area contributed by atoms with Crippen LogP contribution in [-0.2, 0) is 0 Å². The molecule has 1 unspecified atom stereocenters. The van der Waals surface area contributed by atoms with Crippen LogP contribution in [0.5, 0.6) is 0 Å². The summed E-state index contributed by atoms with van der Waals surface area (Å²) in [6, 6.07) is 7.14. The van der Waals surface area contributed by atoms with Gasteiger partial charge in [0, 0.05) is 19.1 Å². The molecule has 0 saturated heterocycles. The number of nitrogens with zero attached hydrogens (tertiary/aromatic N) is 1. The molecule has 0 aliphatic carbocycles. The van der Waals surface area contributed by atoms with E-state index in [-0.39, 0.29) is 0 Å². The summed E-state index contributed by atoms with van der Waals surface area (Å²) in [5.41, 5.74) is 2.34. The maximum Gasteiger partial charge on any atom is 0.0642 e. The van der Waals surface area contributed by atoms with Gasteiger partial charge in [0.05, 0.1) is 10.7 Å². The molecular formula is C15H25ClN2. The molecule has 0 spiro atoms. The van der Waals surface area contributed by atoms with Crippen molar-refractivity contribution in [2.45, 2.75) is 46.2 Å². The van der Waals surface area contributed by atoms with Crippen LogP contribution in [-0.4, -0.2) is 19.6 Å². The average molecular weight is 269 g/mol. The summed E-state index contributed by atoms with van der Waals surface area (Å²) in [5.74, 6) is 0. The van der Waals surface area contributed by atoms with E-state index in [2.05, 4.69) is 63.2 Å². The summed E-state index contributed by atoms with van der Waals surface area (Å²) in [6.45, 7) is 9.71. The molecule has 2 nitrogen and oxygen atoms in total. The fourth-order valence-electron chi connectivity index (χ4n) is 1.84. The SMILES string of the molecule is CCCNC(C)c1ccc(N(C)C(C)C)c(Cl)c1. The van der Waals surface area contributed by atoms with E-state index in [0.29, 0.717) is 12.1 Å². The van der Waals surface area contributed by atoms with Gasteiger partial charge in [-0.05, 0) is 51.4 Å². The fraction of sp³-hybridized carbons (Fsp3) is 0.600. The molecule has 0 radical (unpaired) electrons. The normalized spacial score (nSPS) is 12.8. The third-order valence-corrected chi connectivity index (χ3v) is 3.63. The predicted molar refractivity (Wildman–Crippen MR) is 81.7 cm³/mol. The Morgan fingerprint density at radius 2 is 1.94 bits per heavy atom. The maximum absolute atomic E-state index is 6.38. The third kappa shape index (κ3) is 3.89. The predicted octanol–water partition coefficient (Wildman–Crippen LogP) is 4.25. The van der Waals surface area contributed by atoms with Gasteiger partial charge in [0.1, 0.15) is 0 Å². The zero-order valence-electron chi connectivity index (χ0n) is 12.1. The highest BCUT2D eigenvalue weighted by molar-refractivity contribution is 6.33. The van der Waals surface area contributed by atoms with Crippen molar-refractivity contribution in [3.05, 3.63) is 28.8 Å². The number of anilines is 1. The van der Waals surface area contributed by atoms with Crippen molar-refractivity contribution in [3.8, 4) is 0 Å². The first-order chi connectivity index (χ1) is 8.47. The van der Waals surface area contributed by atoms with Crippen LogP contribution in [0.1, 0.15) is 45.7 Å². The number of halogens is 1. The molecule has 0 aliphatic heterocycles. The van der Waals surface area contributed by atoms with Crippen LogP contribution in [0.4, 0.5) is 5.69 Å². The van der Waals surface area contributed by atoms with E-state index in [1.54, 1.807) is 0 Å². The van der Waals surface area contributed by atoms with Crippen LogP contribution in [0.2, 0.25) is 5.02 Å². The van der Waals surface area contributed by atoms with E-state index < -0.39 is 0 Å². The van der Waals surface area contributed by atoms with Crippen LogP contribution in [0, 0.1) is 0 Å². The number of hydrogen-bond acceptors (Lipinski definition) is 2. The Morgan fingerprint density at radius 3 is 2.44 bits per heavy atom. The summed E-state index contributed by atoms with van der Waals surface area (Å²) >= 11 is 6.38. The van der Waals surface area contributed by atoms with E-state index in [0.717, 1.165) is 23.7 Å². The maximum atomic E-state index is 6.38.